The smallest absolute Gasteiger partial charge is 0.112 e. The second-order valence-electron chi connectivity index (χ2n) is 7.02. The number of ether oxygens (including phenoxy) is 1. The van der Waals surface area contributed by atoms with Crippen LogP contribution in [0.25, 0.3) is 22.2 Å². The van der Waals surface area contributed by atoms with Crippen LogP contribution in [0.3, 0.4) is 0 Å². The molecule has 28 heavy (non-hydrogen) atoms. The van der Waals surface area contributed by atoms with Crippen LogP contribution in [0.5, 0.6) is 0 Å². The zero-order chi connectivity index (χ0) is 18.8. The average Bonchev–Trinajstić information content (AvgIpc) is 3.29. The maximum atomic E-state index is 6.01. The van der Waals surface area contributed by atoms with Crippen LogP contribution < -0.4 is 0 Å². The summed E-state index contributed by atoms with van der Waals surface area (Å²) in [6.45, 7) is 3.33. The highest BCUT2D eigenvalue weighted by atomic mass is 16.5. The fourth-order valence-electron chi connectivity index (χ4n) is 3.74. The summed E-state index contributed by atoms with van der Waals surface area (Å²) in [4.78, 5) is 11.5. The normalized spacial score (nSPS) is 17.8. The molecule has 5 rings (SSSR count). The molecular formula is C22H21N5O. The van der Waals surface area contributed by atoms with Gasteiger partial charge in [0, 0.05) is 49.2 Å². The van der Waals surface area contributed by atoms with E-state index >= 15 is 0 Å². The molecule has 140 valence electrons. The fraction of sp³-hybridized carbons (Fsp3) is 0.227. The second-order valence-corrected chi connectivity index (χ2v) is 7.02. The number of H-pyrrole nitrogens is 1. The lowest BCUT2D eigenvalue weighted by molar-refractivity contribution is -0.0348. The Hall–Kier alpha value is -3.09. The number of hydrogen-bond acceptors (Lipinski definition) is 5. The molecule has 0 amide bonds. The highest BCUT2D eigenvalue weighted by Crippen LogP contribution is 2.25. The van der Waals surface area contributed by atoms with Crippen LogP contribution in [0.15, 0.2) is 67.1 Å². The number of aromatic amines is 1. The topological polar surface area (TPSA) is 66.9 Å². The van der Waals surface area contributed by atoms with E-state index in [0.29, 0.717) is 6.61 Å². The fourth-order valence-corrected chi connectivity index (χ4v) is 3.74. The quantitative estimate of drug-likeness (QED) is 0.594. The highest BCUT2D eigenvalue weighted by Gasteiger charge is 2.23. The first-order chi connectivity index (χ1) is 13.9. The minimum Gasteiger partial charge on any atom is -0.369 e. The van der Waals surface area contributed by atoms with Crippen molar-refractivity contribution < 1.29 is 4.74 Å². The maximum absolute atomic E-state index is 6.01. The summed E-state index contributed by atoms with van der Waals surface area (Å²) in [5, 5.41) is 8.18. The molecule has 3 aromatic heterocycles. The summed E-state index contributed by atoms with van der Waals surface area (Å²) in [5.41, 5.74) is 5.30. The summed E-state index contributed by atoms with van der Waals surface area (Å²) in [7, 11) is 0. The first-order valence-corrected chi connectivity index (χ1v) is 9.49. The molecule has 0 radical (unpaired) electrons. The minimum atomic E-state index is -0.0160. The molecule has 1 fully saturated rings. The Morgan fingerprint density at radius 1 is 1.04 bits per heavy atom. The highest BCUT2D eigenvalue weighted by molar-refractivity contribution is 5.81. The third kappa shape index (κ3) is 3.40. The number of rotatable bonds is 4. The Bertz CT molecular complexity index is 1060. The van der Waals surface area contributed by atoms with Gasteiger partial charge in [-0.25, -0.2) is 0 Å². The van der Waals surface area contributed by atoms with Crippen LogP contribution in [0.1, 0.15) is 17.4 Å². The van der Waals surface area contributed by atoms with Gasteiger partial charge in [0.1, 0.15) is 6.10 Å². The first-order valence-electron chi connectivity index (χ1n) is 9.49. The molecule has 6 nitrogen and oxygen atoms in total. The summed E-state index contributed by atoms with van der Waals surface area (Å²) in [6.07, 6.45) is 5.45. The Balaban J connectivity index is 1.32. The van der Waals surface area contributed by atoms with Crippen molar-refractivity contribution in [2.24, 2.45) is 0 Å². The van der Waals surface area contributed by atoms with Crippen LogP contribution in [-0.4, -0.2) is 44.8 Å². The lowest BCUT2D eigenvalue weighted by Crippen LogP contribution is -2.38. The monoisotopic (exact) mass is 371 g/mol. The molecule has 0 spiro atoms. The number of morpholine rings is 1. The average molecular weight is 371 g/mol. The van der Waals surface area contributed by atoms with Crippen molar-refractivity contribution in [1.82, 2.24) is 25.1 Å². The molecule has 4 heterocycles. The Morgan fingerprint density at radius 2 is 2.04 bits per heavy atom. The van der Waals surface area contributed by atoms with Gasteiger partial charge in [0.05, 0.1) is 23.5 Å². The predicted octanol–water partition coefficient (Wildman–Crippen LogP) is 3.59. The van der Waals surface area contributed by atoms with Gasteiger partial charge in [-0.1, -0.05) is 18.2 Å². The number of nitrogens with zero attached hydrogens (tertiary/aromatic N) is 4. The van der Waals surface area contributed by atoms with E-state index in [4.69, 9.17) is 4.74 Å². The minimum absolute atomic E-state index is 0.0160. The van der Waals surface area contributed by atoms with Gasteiger partial charge in [-0.2, -0.15) is 5.10 Å². The standard InChI is InChI=1S/C22H21N5O/c1-3-17(18-4-2-9-23-20(18)5-1)14-27-11-12-28-22(15-27)21-7-6-16(13-24-21)19-8-10-25-26-19/h1-10,13,22H,11-12,14-15H2,(H,25,26)/t22-/m1/s1. The van der Waals surface area contributed by atoms with Crippen LogP contribution >= 0.6 is 0 Å². The zero-order valence-electron chi connectivity index (χ0n) is 15.5. The molecule has 1 aliphatic rings. The SMILES string of the molecule is c1cc(CN2CCO[C@@H](c3ccc(-c4ccn[nH]4)cn3)C2)c2cccnc2c1. The molecular weight excluding hydrogens is 350 g/mol. The summed E-state index contributed by atoms with van der Waals surface area (Å²) in [6, 6.07) is 16.5. The van der Waals surface area contributed by atoms with Crippen molar-refractivity contribution >= 4 is 10.9 Å². The molecule has 0 aliphatic carbocycles. The van der Waals surface area contributed by atoms with E-state index in [0.717, 1.165) is 42.1 Å². The van der Waals surface area contributed by atoms with Crippen LogP contribution in [0.4, 0.5) is 0 Å². The van der Waals surface area contributed by atoms with Crippen molar-refractivity contribution in [2.45, 2.75) is 12.6 Å². The van der Waals surface area contributed by atoms with Crippen LogP contribution in [0, 0.1) is 0 Å². The van der Waals surface area contributed by atoms with Gasteiger partial charge in [0.25, 0.3) is 0 Å². The van der Waals surface area contributed by atoms with Crippen molar-refractivity contribution in [3.8, 4) is 11.3 Å². The van der Waals surface area contributed by atoms with E-state index in [9.17, 15) is 0 Å². The van der Waals surface area contributed by atoms with Crippen molar-refractivity contribution in [3.05, 3.63) is 78.4 Å². The lowest BCUT2D eigenvalue weighted by Gasteiger charge is -2.33. The molecule has 6 heteroatoms. The number of hydrogen-bond donors (Lipinski definition) is 1. The predicted molar refractivity (Wildman–Crippen MR) is 108 cm³/mol. The Labute approximate surface area is 163 Å². The number of nitrogens with one attached hydrogen (secondary N) is 1. The van der Waals surface area contributed by atoms with E-state index < -0.39 is 0 Å². The molecule has 1 aromatic carbocycles. The van der Waals surface area contributed by atoms with Gasteiger partial charge in [-0.05, 0) is 35.9 Å². The molecule has 4 aromatic rings. The molecule has 1 saturated heterocycles. The lowest BCUT2D eigenvalue weighted by atomic mass is 10.1. The molecule has 0 saturated carbocycles. The van der Waals surface area contributed by atoms with Crippen molar-refractivity contribution in [1.29, 1.82) is 0 Å². The molecule has 0 unspecified atom stereocenters. The van der Waals surface area contributed by atoms with Gasteiger partial charge < -0.3 is 4.74 Å². The summed E-state index contributed by atoms with van der Waals surface area (Å²) in [5.74, 6) is 0. The van der Waals surface area contributed by atoms with E-state index in [2.05, 4.69) is 55.4 Å². The van der Waals surface area contributed by atoms with Crippen LogP contribution in [-0.2, 0) is 11.3 Å². The molecule has 1 atom stereocenters. The largest absolute Gasteiger partial charge is 0.369 e. The van der Waals surface area contributed by atoms with Gasteiger partial charge in [-0.3, -0.25) is 20.0 Å². The van der Waals surface area contributed by atoms with Crippen LogP contribution in [0.2, 0.25) is 0 Å². The number of fused-ring (bicyclic) bond motifs is 1. The van der Waals surface area contributed by atoms with Gasteiger partial charge in [0.2, 0.25) is 0 Å². The molecule has 1 aliphatic heterocycles. The van der Waals surface area contributed by atoms with E-state index in [1.807, 2.05) is 30.6 Å². The molecule has 0 bridgehead atoms. The third-order valence-electron chi connectivity index (χ3n) is 5.21. The second kappa shape index (κ2) is 7.50. The van der Waals surface area contributed by atoms with Gasteiger partial charge in [-0.15, -0.1) is 0 Å². The third-order valence-corrected chi connectivity index (χ3v) is 5.21. The van der Waals surface area contributed by atoms with E-state index in [1.54, 1.807) is 6.20 Å². The van der Waals surface area contributed by atoms with Gasteiger partial charge in [0.15, 0.2) is 0 Å². The number of pyridine rings is 2. The Kier molecular flexibility index (Phi) is 4.56. The molecule has 1 N–H and O–H groups in total. The number of benzene rings is 1. The maximum Gasteiger partial charge on any atom is 0.112 e. The summed E-state index contributed by atoms with van der Waals surface area (Å²) < 4.78 is 6.01. The first kappa shape index (κ1) is 17.0. The number of aromatic nitrogens is 4. The van der Waals surface area contributed by atoms with Crippen molar-refractivity contribution in [2.75, 3.05) is 19.7 Å². The zero-order valence-corrected chi connectivity index (χ0v) is 15.5. The summed E-state index contributed by atoms with van der Waals surface area (Å²) >= 11 is 0. The van der Waals surface area contributed by atoms with Gasteiger partial charge >= 0.3 is 0 Å². The van der Waals surface area contributed by atoms with E-state index in [1.165, 1.54) is 10.9 Å². The van der Waals surface area contributed by atoms with Crippen molar-refractivity contribution in [3.63, 3.8) is 0 Å². The Morgan fingerprint density at radius 3 is 2.89 bits per heavy atom. The van der Waals surface area contributed by atoms with E-state index in [-0.39, 0.29) is 6.10 Å².